The molecule has 0 bridgehead atoms. The maximum absolute atomic E-state index is 11.6. The van der Waals surface area contributed by atoms with Crippen LogP contribution in [0, 0.1) is 11.8 Å². The van der Waals surface area contributed by atoms with Crippen molar-refractivity contribution in [1.29, 1.82) is 0 Å². The number of fused-ring (bicyclic) bond motifs is 1. The van der Waals surface area contributed by atoms with Gasteiger partial charge in [-0.3, -0.25) is 9.78 Å². The molecule has 3 heterocycles. The summed E-state index contributed by atoms with van der Waals surface area (Å²) in [5, 5.41) is 21.4. The van der Waals surface area contributed by atoms with Crippen molar-refractivity contribution < 1.29 is 24.2 Å². The zero-order chi connectivity index (χ0) is 24.6. The molecule has 1 aromatic carbocycles. The first-order valence-electron chi connectivity index (χ1n) is 12.5. The SMILES string of the molecule is COc1ccc2nccc([C@H](O)CC[C@@H]3CCN(CCCCc4ncco4)C[C@@H]3CC(=O)O)c2c1. The number of aryl methyl sites for hydroxylation is 1. The Morgan fingerprint density at radius 3 is 2.89 bits per heavy atom. The molecule has 3 atom stereocenters. The van der Waals surface area contributed by atoms with E-state index in [1.165, 1.54) is 0 Å². The van der Waals surface area contributed by atoms with E-state index in [0.717, 1.165) is 79.8 Å². The van der Waals surface area contributed by atoms with E-state index in [0.29, 0.717) is 6.42 Å². The van der Waals surface area contributed by atoms with Crippen molar-refractivity contribution in [3.63, 3.8) is 0 Å². The highest BCUT2D eigenvalue weighted by atomic mass is 16.5. The van der Waals surface area contributed by atoms with Crippen LogP contribution in [0.1, 0.15) is 56.1 Å². The third-order valence-corrected chi connectivity index (χ3v) is 7.16. The number of ether oxygens (including phenoxy) is 1. The molecule has 0 spiro atoms. The molecule has 4 rings (SSSR count). The second-order valence-electron chi connectivity index (χ2n) is 9.47. The number of nitrogens with zero attached hydrogens (tertiary/aromatic N) is 3. The van der Waals surface area contributed by atoms with Gasteiger partial charge in [0, 0.05) is 31.0 Å². The largest absolute Gasteiger partial charge is 0.497 e. The van der Waals surface area contributed by atoms with Gasteiger partial charge in [0.2, 0.25) is 0 Å². The summed E-state index contributed by atoms with van der Waals surface area (Å²) in [5.74, 6) is 1.12. The predicted molar refractivity (Wildman–Crippen MR) is 132 cm³/mol. The van der Waals surface area contributed by atoms with Gasteiger partial charge >= 0.3 is 5.97 Å². The number of piperidine rings is 1. The summed E-state index contributed by atoms with van der Waals surface area (Å²) in [6.07, 6.45) is 9.73. The third-order valence-electron chi connectivity index (χ3n) is 7.16. The maximum atomic E-state index is 11.6. The van der Waals surface area contributed by atoms with Gasteiger partial charge in [0.05, 0.1) is 24.9 Å². The third kappa shape index (κ3) is 6.80. The van der Waals surface area contributed by atoms with E-state index in [1.54, 1.807) is 25.8 Å². The first-order valence-corrected chi connectivity index (χ1v) is 12.5. The summed E-state index contributed by atoms with van der Waals surface area (Å²) in [6.45, 7) is 2.71. The van der Waals surface area contributed by atoms with Gasteiger partial charge in [0.25, 0.3) is 0 Å². The number of pyridine rings is 1. The Balaban J connectivity index is 1.32. The molecule has 188 valence electrons. The number of hydrogen-bond acceptors (Lipinski definition) is 7. The number of aromatic nitrogens is 2. The molecule has 0 aliphatic carbocycles. The number of oxazole rings is 1. The second-order valence-corrected chi connectivity index (χ2v) is 9.47. The lowest BCUT2D eigenvalue weighted by atomic mass is 9.79. The molecule has 0 amide bonds. The van der Waals surface area contributed by atoms with Crippen LogP contribution < -0.4 is 4.74 Å². The van der Waals surface area contributed by atoms with Gasteiger partial charge < -0.3 is 24.3 Å². The fraction of sp³-hybridized carbons (Fsp3) is 0.519. The fourth-order valence-electron chi connectivity index (χ4n) is 5.27. The Kier molecular flexibility index (Phi) is 8.71. The molecule has 1 fully saturated rings. The van der Waals surface area contributed by atoms with Gasteiger partial charge in [0.1, 0.15) is 12.0 Å². The number of benzene rings is 1. The number of methoxy groups -OCH3 is 1. The van der Waals surface area contributed by atoms with E-state index in [1.807, 2.05) is 24.3 Å². The first-order chi connectivity index (χ1) is 17.0. The highest BCUT2D eigenvalue weighted by Gasteiger charge is 2.31. The Morgan fingerprint density at radius 2 is 2.11 bits per heavy atom. The van der Waals surface area contributed by atoms with Gasteiger partial charge in [-0.1, -0.05) is 0 Å². The van der Waals surface area contributed by atoms with Crippen molar-refractivity contribution in [2.24, 2.45) is 11.8 Å². The minimum absolute atomic E-state index is 0.0921. The molecule has 1 aliphatic rings. The summed E-state index contributed by atoms with van der Waals surface area (Å²) >= 11 is 0. The molecule has 3 aromatic rings. The topological polar surface area (TPSA) is 109 Å². The van der Waals surface area contributed by atoms with E-state index in [-0.39, 0.29) is 18.3 Å². The van der Waals surface area contributed by atoms with Crippen LogP contribution in [0.25, 0.3) is 10.9 Å². The molecule has 2 N–H and O–H groups in total. The lowest BCUT2D eigenvalue weighted by Gasteiger charge is -2.38. The van der Waals surface area contributed by atoms with Crippen LogP contribution in [-0.2, 0) is 11.2 Å². The molecule has 8 nitrogen and oxygen atoms in total. The Hall–Kier alpha value is -2.97. The number of aliphatic carboxylic acids is 1. The Morgan fingerprint density at radius 1 is 1.23 bits per heavy atom. The molecule has 1 aliphatic heterocycles. The number of carboxylic acid groups (broad SMARTS) is 1. The molecular weight excluding hydrogens is 446 g/mol. The summed E-state index contributed by atoms with van der Waals surface area (Å²) in [4.78, 5) is 22.5. The van der Waals surface area contributed by atoms with Crippen LogP contribution in [0.3, 0.4) is 0 Å². The van der Waals surface area contributed by atoms with Crippen LogP contribution in [0.5, 0.6) is 5.75 Å². The van der Waals surface area contributed by atoms with E-state index in [2.05, 4.69) is 14.9 Å². The average Bonchev–Trinajstić information content (AvgIpc) is 3.38. The number of rotatable bonds is 12. The van der Waals surface area contributed by atoms with Crippen LogP contribution in [0.15, 0.2) is 47.3 Å². The first kappa shape index (κ1) is 25.1. The van der Waals surface area contributed by atoms with Gasteiger partial charge in [-0.25, -0.2) is 4.98 Å². The van der Waals surface area contributed by atoms with Gasteiger partial charge in [-0.15, -0.1) is 0 Å². The summed E-state index contributed by atoms with van der Waals surface area (Å²) in [5.41, 5.74) is 1.66. The van der Waals surface area contributed by atoms with Gasteiger partial charge in [-0.05, 0) is 86.9 Å². The lowest BCUT2D eigenvalue weighted by molar-refractivity contribution is -0.139. The fourth-order valence-corrected chi connectivity index (χ4v) is 5.27. The number of hydrogen-bond donors (Lipinski definition) is 2. The molecule has 1 saturated heterocycles. The Bertz CT molecular complexity index is 1090. The second kappa shape index (κ2) is 12.1. The quantitative estimate of drug-likeness (QED) is 0.365. The van der Waals surface area contributed by atoms with Crippen molar-refractivity contribution >= 4 is 16.9 Å². The molecule has 0 saturated carbocycles. The van der Waals surface area contributed by atoms with Crippen LogP contribution in [0.4, 0.5) is 0 Å². The van der Waals surface area contributed by atoms with Gasteiger partial charge in [0.15, 0.2) is 5.89 Å². The van der Waals surface area contributed by atoms with Crippen molar-refractivity contribution in [2.75, 3.05) is 26.7 Å². The summed E-state index contributed by atoms with van der Waals surface area (Å²) < 4.78 is 10.6. The molecule has 2 aromatic heterocycles. The Labute approximate surface area is 205 Å². The number of likely N-dealkylation sites (tertiary alicyclic amines) is 1. The number of unbranched alkanes of at least 4 members (excludes halogenated alkanes) is 1. The van der Waals surface area contributed by atoms with Crippen molar-refractivity contribution in [2.45, 2.75) is 51.0 Å². The van der Waals surface area contributed by atoms with Crippen LogP contribution in [0.2, 0.25) is 0 Å². The average molecular weight is 482 g/mol. The number of aliphatic hydroxyl groups is 1. The predicted octanol–water partition coefficient (Wildman–Crippen LogP) is 4.48. The summed E-state index contributed by atoms with van der Waals surface area (Å²) in [7, 11) is 1.62. The van der Waals surface area contributed by atoms with E-state index < -0.39 is 12.1 Å². The highest BCUT2D eigenvalue weighted by Crippen LogP contribution is 2.34. The monoisotopic (exact) mass is 481 g/mol. The minimum Gasteiger partial charge on any atom is -0.497 e. The smallest absolute Gasteiger partial charge is 0.303 e. The number of carboxylic acids is 1. The normalized spacial score (nSPS) is 19.6. The lowest BCUT2D eigenvalue weighted by Crippen LogP contribution is -2.41. The number of carbonyl (C=O) groups is 1. The zero-order valence-electron chi connectivity index (χ0n) is 20.3. The van der Waals surface area contributed by atoms with Crippen molar-refractivity contribution in [1.82, 2.24) is 14.9 Å². The maximum Gasteiger partial charge on any atom is 0.303 e. The minimum atomic E-state index is -0.751. The van der Waals surface area contributed by atoms with Gasteiger partial charge in [-0.2, -0.15) is 0 Å². The standard InChI is InChI=1S/C27H35N3O5/c1-34-21-6-7-24-23(17-21)22(9-11-28-24)25(31)8-5-19-10-14-30(18-20(19)16-27(32)33)13-3-2-4-26-29-12-15-35-26/h6-7,9,11-12,15,17,19-20,25,31H,2-5,8,10,13-14,16,18H2,1H3,(H,32,33)/t19-,20+,25-/m1/s1. The van der Waals surface area contributed by atoms with E-state index in [4.69, 9.17) is 9.15 Å². The molecule has 35 heavy (non-hydrogen) atoms. The van der Waals surface area contributed by atoms with Crippen LogP contribution >= 0.6 is 0 Å². The van der Waals surface area contributed by atoms with E-state index >= 15 is 0 Å². The van der Waals surface area contributed by atoms with Crippen molar-refractivity contribution in [3.8, 4) is 5.75 Å². The molecule has 8 heteroatoms. The molecule has 0 unspecified atom stereocenters. The molecular formula is C27H35N3O5. The molecule has 0 radical (unpaired) electrons. The zero-order valence-corrected chi connectivity index (χ0v) is 20.3. The number of aliphatic hydroxyl groups excluding tert-OH is 1. The summed E-state index contributed by atoms with van der Waals surface area (Å²) in [6, 6.07) is 7.54. The van der Waals surface area contributed by atoms with E-state index in [9.17, 15) is 15.0 Å². The van der Waals surface area contributed by atoms with Crippen LogP contribution in [-0.4, -0.2) is 57.8 Å². The highest BCUT2D eigenvalue weighted by molar-refractivity contribution is 5.83. The van der Waals surface area contributed by atoms with Crippen molar-refractivity contribution in [3.05, 3.63) is 54.4 Å².